The van der Waals surface area contributed by atoms with Crippen molar-refractivity contribution in [2.45, 2.75) is 13.5 Å². The number of thiophene rings is 1. The first-order chi connectivity index (χ1) is 15.5. The molecule has 0 radical (unpaired) electrons. The lowest BCUT2D eigenvalue weighted by atomic mass is 10.2. The van der Waals surface area contributed by atoms with Crippen LogP contribution in [0.5, 0.6) is 0 Å². The molecule has 4 rings (SSSR count). The van der Waals surface area contributed by atoms with E-state index < -0.39 is 0 Å². The summed E-state index contributed by atoms with van der Waals surface area (Å²) < 4.78 is 0. The second-order valence-corrected chi connectivity index (χ2v) is 8.96. The molecule has 0 saturated carbocycles. The SMILES string of the molecule is Cc1ccc(Cl)c(NC(=O)N2CCN(c3ncccc3C(=O)NCc3cccs3)CC2)c1. The third-order valence-corrected chi connectivity index (χ3v) is 6.47. The highest BCUT2D eigenvalue weighted by Gasteiger charge is 2.25. The highest BCUT2D eigenvalue weighted by molar-refractivity contribution is 7.09. The molecule has 1 aliphatic rings. The largest absolute Gasteiger partial charge is 0.352 e. The maximum atomic E-state index is 12.8. The molecule has 3 amide bonds. The van der Waals surface area contributed by atoms with E-state index in [1.807, 2.05) is 41.5 Å². The summed E-state index contributed by atoms with van der Waals surface area (Å²) in [6.45, 7) is 4.63. The Balaban J connectivity index is 1.37. The number of urea groups is 1. The molecule has 9 heteroatoms. The summed E-state index contributed by atoms with van der Waals surface area (Å²) in [4.78, 5) is 34.8. The van der Waals surface area contributed by atoms with Crippen molar-refractivity contribution in [3.63, 3.8) is 0 Å². The topological polar surface area (TPSA) is 77.6 Å². The van der Waals surface area contributed by atoms with E-state index in [9.17, 15) is 9.59 Å². The van der Waals surface area contributed by atoms with E-state index in [-0.39, 0.29) is 11.9 Å². The molecule has 0 atom stereocenters. The minimum atomic E-state index is -0.188. The van der Waals surface area contributed by atoms with Crippen molar-refractivity contribution in [2.24, 2.45) is 0 Å². The highest BCUT2D eigenvalue weighted by Crippen LogP contribution is 2.24. The third kappa shape index (κ3) is 5.20. The number of hydrogen-bond acceptors (Lipinski definition) is 5. The molecule has 7 nitrogen and oxygen atoms in total. The van der Waals surface area contributed by atoms with Gasteiger partial charge in [-0.05, 0) is 48.2 Å². The Morgan fingerprint density at radius 1 is 1.12 bits per heavy atom. The van der Waals surface area contributed by atoms with Crippen molar-refractivity contribution >= 4 is 46.4 Å². The molecule has 0 bridgehead atoms. The number of rotatable bonds is 5. The fraction of sp³-hybridized carbons (Fsp3) is 0.261. The van der Waals surface area contributed by atoms with Gasteiger partial charge in [0.2, 0.25) is 0 Å². The van der Waals surface area contributed by atoms with Crippen molar-refractivity contribution in [1.82, 2.24) is 15.2 Å². The lowest BCUT2D eigenvalue weighted by Crippen LogP contribution is -2.50. The van der Waals surface area contributed by atoms with Crippen molar-refractivity contribution in [3.8, 4) is 0 Å². The molecule has 2 aromatic heterocycles. The predicted molar refractivity (Wildman–Crippen MR) is 129 cm³/mol. The fourth-order valence-corrected chi connectivity index (χ4v) is 4.36. The monoisotopic (exact) mass is 469 g/mol. The number of halogens is 1. The first kappa shape index (κ1) is 22.1. The van der Waals surface area contributed by atoms with Crippen molar-refractivity contribution in [2.75, 3.05) is 36.4 Å². The van der Waals surface area contributed by atoms with Gasteiger partial charge in [0, 0.05) is 37.3 Å². The quantitative estimate of drug-likeness (QED) is 0.581. The Morgan fingerprint density at radius 3 is 2.69 bits per heavy atom. The maximum Gasteiger partial charge on any atom is 0.322 e. The molecule has 1 fully saturated rings. The standard InChI is InChI=1S/C23H24ClN5O2S/c1-16-6-7-19(24)20(14-16)27-23(31)29-11-9-28(10-12-29)21-18(5-2-8-25-21)22(30)26-15-17-4-3-13-32-17/h2-8,13-14H,9-12,15H2,1H3,(H,26,30)(H,27,31). The lowest BCUT2D eigenvalue weighted by Gasteiger charge is -2.36. The number of benzene rings is 1. The van der Waals surface area contributed by atoms with Gasteiger partial charge in [0.05, 0.1) is 22.8 Å². The van der Waals surface area contributed by atoms with Gasteiger partial charge in [-0.3, -0.25) is 4.79 Å². The zero-order chi connectivity index (χ0) is 22.5. The van der Waals surface area contributed by atoms with E-state index in [2.05, 4.69) is 15.6 Å². The summed E-state index contributed by atoms with van der Waals surface area (Å²) in [7, 11) is 0. The van der Waals surface area contributed by atoms with Crippen LogP contribution in [0.1, 0.15) is 20.8 Å². The minimum absolute atomic E-state index is 0.157. The molecule has 166 valence electrons. The van der Waals surface area contributed by atoms with Gasteiger partial charge in [0.25, 0.3) is 5.91 Å². The number of carbonyl (C=O) groups is 2. The summed E-state index contributed by atoms with van der Waals surface area (Å²) in [5, 5.41) is 8.35. The molecule has 1 aliphatic heterocycles. The summed E-state index contributed by atoms with van der Waals surface area (Å²) in [5.41, 5.74) is 2.16. The van der Waals surface area contributed by atoms with E-state index in [4.69, 9.17) is 11.6 Å². The van der Waals surface area contributed by atoms with Crippen LogP contribution >= 0.6 is 22.9 Å². The Kier molecular flexibility index (Phi) is 6.92. The number of aromatic nitrogens is 1. The summed E-state index contributed by atoms with van der Waals surface area (Å²) in [6, 6.07) is 12.8. The number of amides is 3. The van der Waals surface area contributed by atoms with Gasteiger partial charge in [0.1, 0.15) is 5.82 Å². The van der Waals surface area contributed by atoms with Gasteiger partial charge in [-0.1, -0.05) is 23.7 Å². The van der Waals surface area contributed by atoms with Crippen molar-refractivity contribution in [1.29, 1.82) is 0 Å². The Morgan fingerprint density at radius 2 is 1.94 bits per heavy atom. The molecule has 0 unspecified atom stereocenters. The van der Waals surface area contributed by atoms with Gasteiger partial charge in [-0.2, -0.15) is 0 Å². The average molecular weight is 470 g/mol. The summed E-state index contributed by atoms with van der Waals surface area (Å²) >= 11 is 7.81. The van der Waals surface area contributed by atoms with E-state index >= 15 is 0 Å². The van der Waals surface area contributed by atoms with Gasteiger partial charge in [0.15, 0.2) is 0 Å². The molecule has 2 N–H and O–H groups in total. The van der Waals surface area contributed by atoms with Gasteiger partial charge >= 0.3 is 6.03 Å². The average Bonchev–Trinajstić information content (AvgIpc) is 3.34. The minimum Gasteiger partial charge on any atom is -0.352 e. The maximum absolute atomic E-state index is 12.8. The van der Waals surface area contributed by atoms with Crippen LogP contribution in [0, 0.1) is 6.92 Å². The molecular weight excluding hydrogens is 446 g/mol. The van der Waals surface area contributed by atoms with Crippen LogP contribution < -0.4 is 15.5 Å². The molecule has 1 aromatic carbocycles. The van der Waals surface area contributed by atoms with E-state index in [0.29, 0.717) is 54.8 Å². The Hall–Kier alpha value is -3.10. The number of piperazine rings is 1. The van der Waals surface area contributed by atoms with Gasteiger partial charge < -0.3 is 20.4 Å². The van der Waals surface area contributed by atoms with Crippen LogP contribution in [-0.4, -0.2) is 48.0 Å². The van der Waals surface area contributed by atoms with E-state index in [1.54, 1.807) is 40.6 Å². The van der Waals surface area contributed by atoms with Gasteiger partial charge in [-0.15, -0.1) is 11.3 Å². The zero-order valence-electron chi connectivity index (χ0n) is 17.7. The highest BCUT2D eigenvalue weighted by atomic mass is 35.5. The second kappa shape index (κ2) is 10.0. The number of hydrogen-bond donors (Lipinski definition) is 2. The summed E-state index contributed by atoms with van der Waals surface area (Å²) in [5.74, 6) is 0.480. The molecule has 32 heavy (non-hydrogen) atoms. The zero-order valence-corrected chi connectivity index (χ0v) is 19.2. The van der Waals surface area contributed by atoms with Gasteiger partial charge in [-0.25, -0.2) is 9.78 Å². The number of nitrogens with one attached hydrogen (secondary N) is 2. The number of aryl methyl sites for hydroxylation is 1. The van der Waals surface area contributed by atoms with Crippen LogP contribution in [0.4, 0.5) is 16.3 Å². The Bertz CT molecular complexity index is 1100. The van der Waals surface area contributed by atoms with Crippen molar-refractivity contribution < 1.29 is 9.59 Å². The van der Waals surface area contributed by atoms with E-state index in [0.717, 1.165) is 10.4 Å². The number of anilines is 2. The molecule has 1 saturated heterocycles. The number of carbonyl (C=O) groups excluding carboxylic acids is 2. The molecule has 3 heterocycles. The predicted octanol–water partition coefficient (Wildman–Crippen LogP) is 4.39. The summed E-state index contributed by atoms with van der Waals surface area (Å²) in [6.07, 6.45) is 1.68. The normalized spacial score (nSPS) is 13.7. The van der Waals surface area contributed by atoms with Crippen LogP contribution in [-0.2, 0) is 6.54 Å². The number of pyridine rings is 1. The third-order valence-electron chi connectivity index (χ3n) is 5.26. The molecule has 0 aliphatic carbocycles. The van der Waals surface area contributed by atoms with Crippen LogP contribution in [0.15, 0.2) is 54.0 Å². The van der Waals surface area contributed by atoms with Crippen LogP contribution in [0.2, 0.25) is 5.02 Å². The molecular formula is C23H24ClN5O2S. The number of nitrogens with zero attached hydrogens (tertiary/aromatic N) is 3. The smallest absolute Gasteiger partial charge is 0.322 e. The van der Waals surface area contributed by atoms with E-state index in [1.165, 1.54) is 0 Å². The lowest BCUT2D eigenvalue weighted by molar-refractivity contribution is 0.0951. The van der Waals surface area contributed by atoms with Crippen LogP contribution in [0.3, 0.4) is 0 Å². The fourth-order valence-electron chi connectivity index (χ4n) is 3.55. The first-order valence-corrected chi connectivity index (χ1v) is 11.6. The second-order valence-electron chi connectivity index (χ2n) is 7.52. The Labute approximate surface area is 196 Å². The molecule has 0 spiro atoms. The van der Waals surface area contributed by atoms with Crippen LogP contribution in [0.25, 0.3) is 0 Å². The first-order valence-electron chi connectivity index (χ1n) is 10.3. The molecule has 3 aromatic rings. The van der Waals surface area contributed by atoms with Crippen molar-refractivity contribution in [3.05, 3.63) is 75.1 Å².